The van der Waals surface area contributed by atoms with E-state index in [0.29, 0.717) is 11.4 Å². The van der Waals surface area contributed by atoms with Crippen molar-refractivity contribution in [1.29, 1.82) is 0 Å². The third-order valence-corrected chi connectivity index (χ3v) is 4.87. The lowest BCUT2D eigenvalue weighted by atomic mass is 10.2. The molecule has 0 bridgehead atoms. The molecule has 0 radical (unpaired) electrons. The molecule has 8 heteroatoms. The molecule has 0 aliphatic carbocycles. The van der Waals surface area contributed by atoms with Crippen molar-refractivity contribution in [2.75, 3.05) is 0 Å². The molecule has 0 aliphatic heterocycles. The third-order valence-electron chi connectivity index (χ3n) is 3.94. The predicted molar refractivity (Wildman–Crippen MR) is 93.7 cm³/mol. The number of imidazole rings is 1. The zero-order chi connectivity index (χ0) is 18.2. The van der Waals surface area contributed by atoms with Crippen LogP contribution in [0.1, 0.15) is 27.3 Å². The van der Waals surface area contributed by atoms with Crippen molar-refractivity contribution in [3.05, 3.63) is 65.1 Å². The molecule has 3 N–H and O–H groups in total. The van der Waals surface area contributed by atoms with Gasteiger partial charge in [0, 0.05) is 12.7 Å². The summed E-state index contributed by atoms with van der Waals surface area (Å²) in [5.41, 5.74) is 3.64. The molecule has 0 aliphatic rings. The summed E-state index contributed by atoms with van der Waals surface area (Å²) in [6, 6.07) is 9.87. The van der Waals surface area contributed by atoms with Gasteiger partial charge in [-0.3, -0.25) is 9.20 Å². The Morgan fingerprint density at radius 1 is 1.20 bits per heavy atom. The van der Waals surface area contributed by atoms with Crippen molar-refractivity contribution in [2.24, 2.45) is 5.14 Å². The number of aryl methyl sites for hydroxylation is 2. The molecule has 3 rings (SSSR count). The van der Waals surface area contributed by atoms with Gasteiger partial charge in [0.15, 0.2) is 0 Å². The van der Waals surface area contributed by atoms with E-state index in [1.807, 2.05) is 19.1 Å². The van der Waals surface area contributed by atoms with Crippen LogP contribution < -0.4 is 10.5 Å². The number of pyridine rings is 1. The van der Waals surface area contributed by atoms with Crippen molar-refractivity contribution in [1.82, 2.24) is 14.7 Å². The van der Waals surface area contributed by atoms with Crippen LogP contribution >= 0.6 is 0 Å². The fourth-order valence-electron chi connectivity index (χ4n) is 2.65. The number of nitrogens with zero attached hydrogens (tertiary/aromatic N) is 2. The van der Waals surface area contributed by atoms with Gasteiger partial charge in [0.05, 0.1) is 10.6 Å². The van der Waals surface area contributed by atoms with Gasteiger partial charge in [-0.1, -0.05) is 18.2 Å². The van der Waals surface area contributed by atoms with Crippen LogP contribution in [0.2, 0.25) is 0 Å². The second kappa shape index (κ2) is 6.30. The van der Waals surface area contributed by atoms with Crippen LogP contribution in [0.3, 0.4) is 0 Å². The Hall–Kier alpha value is -2.71. The number of nitrogens with two attached hydrogens (primary N) is 1. The minimum absolute atomic E-state index is 0.0377. The number of nitrogens with one attached hydrogen (secondary N) is 1. The monoisotopic (exact) mass is 358 g/mol. The average molecular weight is 358 g/mol. The SMILES string of the molecule is Cc1nc2c(C)cccn2c1C(=O)NCc1ccc(S(N)(=O)=O)cc1. The summed E-state index contributed by atoms with van der Waals surface area (Å²) < 4.78 is 24.3. The summed E-state index contributed by atoms with van der Waals surface area (Å²) in [7, 11) is -3.72. The van der Waals surface area contributed by atoms with Gasteiger partial charge in [-0.05, 0) is 43.2 Å². The largest absolute Gasteiger partial charge is 0.347 e. The number of hydrogen-bond donors (Lipinski definition) is 2. The second-order valence-corrected chi connectivity index (χ2v) is 7.36. The van der Waals surface area contributed by atoms with Crippen molar-refractivity contribution in [3.8, 4) is 0 Å². The summed E-state index contributed by atoms with van der Waals surface area (Å²) in [6.07, 6.45) is 1.80. The number of benzene rings is 1. The van der Waals surface area contributed by atoms with Gasteiger partial charge in [0.1, 0.15) is 11.3 Å². The summed E-state index contributed by atoms with van der Waals surface area (Å²) in [6.45, 7) is 4.00. The van der Waals surface area contributed by atoms with E-state index in [2.05, 4.69) is 10.3 Å². The fraction of sp³-hybridized carbons (Fsp3) is 0.176. The van der Waals surface area contributed by atoms with Crippen LogP contribution in [-0.4, -0.2) is 23.7 Å². The number of amides is 1. The van der Waals surface area contributed by atoms with Crippen LogP contribution in [0.5, 0.6) is 0 Å². The Morgan fingerprint density at radius 3 is 2.52 bits per heavy atom. The predicted octanol–water partition coefficient (Wildman–Crippen LogP) is 1.53. The maximum absolute atomic E-state index is 12.6. The van der Waals surface area contributed by atoms with E-state index in [9.17, 15) is 13.2 Å². The van der Waals surface area contributed by atoms with Crippen LogP contribution in [0.25, 0.3) is 5.65 Å². The number of hydrogen-bond acceptors (Lipinski definition) is 4. The molecule has 7 nitrogen and oxygen atoms in total. The van der Waals surface area contributed by atoms with Crippen LogP contribution in [0.4, 0.5) is 0 Å². The number of primary sulfonamides is 1. The number of carbonyl (C=O) groups is 1. The first-order chi connectivity index (χ1) is 11.8. The van der Waals surface area contributed by atoms with Crippen LogP contribution in [0, 0.1) is 13.8 Å². The van der Waals surface area contributed by atoms with E-state index in [4.69, 9.17) is 5.14 Å². The molecule has 0 atom stereocenters. The highest BCUT2D eigenvalue weighted by Gasteiger charge is 2.17. The lowest BCUT2D eigenvalue weighted by Crippen LogP contribution is -2.25. The number of fused-ring (bicyclic) bond motifs is 1. The molecule has 2 heterocycles. The van der Waals surface area contributed by atoms with Gasteiger partial charge in [-0.15, -0.1) is 0 Å². The van der Waals surface area contributed by atoms with Gasteiger partial charge in [0.25, 0.3) is 5.91 Å². The van der Waals surface area contributed by atoms with Crippen molar-refractivity contribution < 1.29 is 13.2 Å². The minimum Gasteiger partial charge on any atom is -0.347 e. The average Bonchev–Trinajstić information content (AvgIpc) is 2.90. The maximum Gasteiger partial charge on any atom is 0.270 e. The molecule has 3 aromatic rings. The topological polar surface area (TPSA) is 107 Å². The Bertz CT molecular complexity index is 1050. The molecule has 0 saturated heterocycles. The summed E-state index contributed by atoms with van der Waals surface area (Å²) >= 11 is 0. The van der Waals surface area contributed by atoms with E-state index in [1.54, 1.807) is 29.7 Å². The number of rotatable bonds is 4. The Labute approximate surface area is 145 Å². The van der Waals surface area contributed by atoms with E-state index < -0.39 is 10.0 Å². The smallest absolute Gasteiger partial charge is 0.270 e. The second-order valence-electron chi connectivity index (χ2n) is 5.80. The summed E-state index contributed by atoms with van der Waals surface area (Å²) in [5.74, 6) is -0.244. The van der Waals surface area contributed by atoms with E-state index >= 15 is 0 Å². The molecule has 130 valence electrons. The van der Waals surface area contributed by atoms with Crippen molar-refractivity contribution in [2.45, 2.75) is 25.3 Å². The molecular formula is C17H18N4O3S. The normalized spacial score (nSPS) is 11.6. The lowest BCUT2D eigenvalue weighted by Gasteiger charge is -2.07. The highest BCUT2D eigenvalue weighted by Crippen LogP contribution is 2.15. The van der Waals surface area contributed by atoms with Crippen LogP contribution in [0.15, 0.2) is 47.5 Å². The van der Waals surface area contributed by atoms with Gasteiger partial charge < -0.3 is 5.32 Å². The third kappa shape index (κ3) is 3.40. The molecule has 0 fully saturated rings. The van der Waals surface area contributed by atoms with Crippen molar-refractivity contribution >= 4 is 21.6 Å². The van der Waals surface area contributed by atoms with Gasteiger partial charge >= 0.3 is 0 Å². The van der Waals surface area contributed by atoms with Gasteiger partial charge in [0.2, 0.25) is 10.0 Å². The Balaban J connectivity index is 1.80. The first-order valence-corrected chi connectivity index (χ1v) is 9.16. The Kier molecular flexibility index (Phi) is 4.32. The fourth-order valence-corrected chi connectivity index (χ4v) is 3.17. The number of carbonyl (C=O) groups excluding carboxylic acids is 1. The quantitative estimate of drug-likeness (QED) is 0.737. The van der Waals surface area contributed by atoms with E-state index in [0.717, 1.165) is 16.8 Å². The highest BCUT2D eigenvalue weighted by molar-refractivity contribution is 7.89. The molecule has 1 amide bonds. The lowest BCUT2D eigenvalue weighted by molar-refractivity contribution is 0.0944. The summed E-state index contributed by atoms with van der Waals surface area (Å²) in [4.78, 5) is 17.1. The number of sulfonamides is 1. The first-order valence-electron chi connectivity index (χ1n) is 7.61. The van der Waals surface area contributed by atoms with Gasteiger partial charge in [-0.25, -0.2) is 18.5 Å². The molecule has 1 aromatic carbocycles. The number of aromatic nitrogens is 2. The first kappa shape index (κ1) is 17.1. The molecule has 0 spiro atoms. The molecule has 2 aromatic heterocycles. The summed E-state index contributed by atoms with van der Waals surface area (Å²) in [5, 5.41) is 7.90. The zero-order valence-corrected chi connectivity index (χ0v) is 14.7. The van der Waals surface area contributed by atoms with Crippen molar-refractivity contribution in [3.63, 3.8) is 0 Å². The highest BCUT2D eigenvalue weighted by atomic mass is 32.2. The molecule has 25 heavy (non-hydrogen) atoms. The van der Waals surface area contributed by atoms with Gasteiger partial charge in [-0.2, -0.15) is 0 Å². The standard InChI is InChI=1S/C17H18N4O3S/c1-11-4-3-9-21-15(12(2)20-16(11)21)17(22)19-10-13-5-7-14(8-6-13)25(18,23)24/h3-9H,10H2,1-2H3,(H,19,22)(H2,18,23,24). The molecule has 0 unspecified atom stereocenters. The van der Waals surface area contributed by atoms with Crippen LogP contribution in [-0.2, 0) is 16.6 Å². The van der Waals surface area contributed by atoms with E-state index in [-0.39, 0.29) is 17.3 Å². The minimum atomic E-state index is -3.72. The zero-order valence-electron chi connectivity index (χ0n) is 13.9. The molecule has 0 saturated carbocycles. The Morgan fingerprint density at radius 2 is 1.88 bits per heavy atom. The maximum atomic E-state index is 12.6. The molecular weight excluding hydrogens is 340 g/mol. The van der Waals surface area contributed by atoms with E-state index in [1.165, 1.54) is 12.1 Å².